The van der Waals surface area contributed by atoms with E-state index >= 15 is 0 Å². The van der Waals surface area contributed by atoms with Gasteiger partial charge in [-0.3, -0.25) is 4.79 Å². The Labute approximate surface area is 82.9 Å². The number of halogens is 1. The molecule has 0 N–H and O–H groups in total. The molecule has 0 unspecified atom stereocenters. The first-order valence-electron chi connectivity index (χ1n) is 3.40. The summed E-state index contributed by atoms with van der Waals surface area (Å²) in [5.41, 5.74) is 1.65. The van der Waals surface area contributed by atoms with Gasteiger partial charge in [0.05, 0.1) is 34.6 Å². The van der Waals surface area contributed by atoms with Crippen molar-refractivity contribution in [3.63, 3.8) is 0 Å². The molecular weight excluding hydrogens is 267 g/mol. The number of hydrogen-bond acceptors (Lipinski definition) is 2. The maximum atomic E-state index is 10.5. The molecular formula is C8H5IN2O. The maximum Gasteiger partial charge on any atom is 0.150 e. The molecule has 4 heteroatoms. The smallest absolute Gasteiger partial charge is 0.150 e. The number of benzene rings is 1. The quantitative estimate of drug-likeness (QED) is 0.588. The summed E-state index contributed by atoms with van der Waals surface area (Å²) in [7, 11) is 0. The van der Waals surface area contributed by atoms with Crippen molar-refractivity contribution in [3.05, 3.63) is 30.0 Å². The molecule has 0 saturated carbocycles. The summed E-state index contributed by atoms with van der Waals surface area (Å²) in [6.07, 6.45) is 2.61. The van der Waals surface area contributed by atoms with Crippen molar-refractivity contribution in [1.82, 2.24) is 7.99 Å². The van der Waals surface area contributed by atoms with Crippen LogP contribution in [0.1, 0.15) is 10.4 Å². The van der Waals surface area contributed by atoms with E-state index in [4.69, 9.17) is 0 Å². The molecule has 0 aliphatic rings. The molecule has 0 saturated heterocycles. The van der Waals surface area contributed by atoms with Gasteiger partial charge in [0, 0.05) is 10.9 Å². The summed E-state index contributed by atoms with van der Waals surface area (Å²) in [6, 6.07) is 5.50. The molecule has 1 aromatic heterocycles. The topological polar surface area (TPSA) is 34.9 Å². The van der Waals surface area contributed by atoms with Crippen molar-refractivity contribution in [3.8, 4) is 0 Å². The van der Waals surface area contributed by atoms with Crippen LogP contribution in [0.5, 0.6) is 0 Å². The zero-order chi connectivity index (χ0) is 8.55. The van der Waals surface area contributed by atoms with Gasteiger partial charge in [0.25, 0.3) is 0 Å². The summed E-state index contributed by atoms with van der Waals surface area (Å²) < 4.78 is 1.72. The van der Waals surface area contributed by atoms with Crippen LogP contribution >= 0.6 is 22.9 Å². The molecule has 0 atom stereocenters. The molecule has 0 aliphatic carbocycles. The van der Waals surface area contributed by atoms with Gasteiger partial charge in [0.2, 0.25) is 0 Å². The normalized spacial score (nSPS) is 10.4. The van der Waals surface area contributed by atoms with Gasteiger partial charge in [-0.2, -0.15) is 5.10 Å². The van der Waals surface area contributed by atoms with E-state index in [2.05, 4.69) is 28.0 Å². The van der Waals surface area contributed by atoms with Gasteiger partial charge in [-0.1, -0.05) is 12.1 Å². The molecule has 0 amide bonds. The summed E-state index contributed by atoms with van der Waals surface area (Å²) in [6.45, 7) is 0. The molecule has 2 aromatic rings. The van der Waals surface area contributed by atoms with Crippen LogP contribution in [0.15, 0.2) is 24.4 Å². The Hall–Kier alpha value is -0.910. The fourth-order valence-corrected chi connectivity index (χ4v) is 1.62. The number of fused-ring (bicyclic) bond motifs is 1. The van der Waals surface area contributed by atoms with E-state index in [1.54, 1.807) is 15.2 Å². The lowest BCUT2D eigenvalue weighted by molar-refractivity contribution is 0.112. The van der Waals surface area contributed by atoms with E-state index in [-0.39, 0.29) is 0 Å². The number of aromatic nitrogens is 2. The Kier molecular flexibility index (Phi) is 1.84. The second-order valence-electron chi connectivity index (χ2n) is 2.44. The molecule has 0 fully saturated rings. The van der Waals surface area contributed by atoms with Crippen molar-refractivity contribution in [2.75, 3.05) is 0 Å². The standard InChI is InChI=1S/C8H5IN2O/c9-11-8-3-6(5-12)1-2-7(8)4-10-11/h1-5H. The minimum atomic E-state index is 0.681. The van der Waals surface area contributed by atoms with Crippen molar-refractivity contribution in [1.29, 1.82) is 0 Å². The van der Waals surface area contributed by atoms with Crippen LogP contribution in [0, 0.1) is 0 Å². The Morgan fingerprint density at radius 3 is 3.08 bits per heavy atom. The van der Waals surface area contributed by atoms with E-state index in [0.717, 1.165) is 17.2 Å². The van der Waals surface area contributed by atoms with Gasteiger partial charge >= 0.3 is 0 Å². The van der Waals surface area contributed by atoms with Crippen molar-refractivity contribution in [2.45, 2.75) is 0 Å². The van der Waals surface area contributed by atoms with E-state index in [0.29, 0.717) is 5.56 Å². The van der Waals surface area contributed by atoms with Gasteiger partial charge in [-0.15, -0.1) is 0 Å². The molecule has 12 heavy (non-hydrogen) atoms. The van der Waals surface area contributed by atoms with Gasteiger partial charge in [-0.05, 0) is 6.07 Å². The number of aldehydes is 1. The second-order valence-corrected chi connectivity index (χ2v) is 3.35. The third-order valence-electron chi connectivity index (χ3n) is 1.69. The molecule has 1 aromatic carbocycles. The summed E-state index contributed by atoms with van der Waals surface area (Å²) in [5, 5.41) is 5.11. The fraction of sp³-hybridized carbons (Fsp3) is 0. The molecule has 0 spiro atoms. The van der Waals surface area contributed by atoms with E-state index in [1.165, 1.54) is 0 Å². The number of nitrogens with zero attached hydrogens (tertiary/aromatic N) is 2. The van der Waals surface area contributed by atoms with E-state index in [9.17, 15) is 4.79 Å². The van der Waals surface area contributed by atoms with Crippen molar-refractivity contribution in [2.24, 2.45) is 0 Å². The van der Waals surface area contributed by atoms with Crippen molar-refractivity contribution >= 4 is 40.1 Å². The first-order valence-corrected chi connectivity index (χ1v) is 4.37. The zero-order valence-electron chi connectivity index (χ0n) is 6.07. The third kappa shape index (κ3) is 1.12. The Morgan fingerprint density at radius 2 is 2.33 bits per heavy atom. The van der Waals surface area contributed by atoms with Crippen LogP contribution < -0.4 is 0 Å². The molecule has 0 radical (unpaired) electrons. The number of carbonyl (C=O) groups is 1. The Bertz CT molecular complexity index is 436. The monoisotopic (exact) mass is 272 g/mol. The van der Waals surface area contributed by atoms with Gasteiger partial charge in [0.15, 0.2) is 0 Å². The second kappa shape index (κ2) is 2.85. The highest BCUT2D eigenvalue weighted by molar-refractivity contribution is 14.1. The van der Waals surface area contributed by atoms with Crippen molar-refractivity contribution < 1.29 is 4.79 Å². The first-order chi connectivity index (χ1) is 5.81. The van der Waals surface area contributed by atoms with Gasteiger partial charge in [0.1, 0.15) is 6.29 Å². The van der Waals surface area contributed by atoms with Crippen LogP contribution in [0.3, 0.4) is 0 Å². The highest BCUT2D eigenvalue weighted by Crippen LogP contribution is 2.16. The summed E-state index contributed by atoms with van der Waals surface area (Å²) >= 11 is 2.08. The van der Waals surface area contributed by atoms with Crippen LogP contribution in [-0.2, 0) is 0 Å². The average Bonchev–Trinajstić information content (AvgIpc) is 2.47. The highest BCUT2D eigenvalue weighted by atomic mass is 127. The summed E-state index contributed by atoms with van der Waals surface area (Å²) in [4.78, 5) is 10.5. The predicted octanol–water partition coefficient (Wildman–Crippen LogP) is 2.05. The van der Waals surface area contributed by atoms with Crippen LogP contribution in [0.25, 0.3) is 10.9 Å². The highest BCUT2D eigenvalue weighted by Gasteiger charge is 2.00. The molecule has 60 valence electrons. The third-order valence-corrected chi connectivity index (χ3v) is 2.46. The molecule has 0 bridgehead atoms. The number of rotatable bonds is 1. The van der Waals surface area contributed by atoms with Crippen LogP contribution in [0.2, 0.25) is 0 Å². The largest absolute Gasteiger partial charge is 0.298 e. The van der Waals surface area contributed by atoms with Crippen LogP contribution in [-0.4, -0.2) is 14.3 Å². The van der Waals surface area contributed by atoms with Crippen LogP contribution in [0.4, 0.5) is 0 Å². The zero-order valence-corrected chi connectivity index (χ0v) is 8.22. The molecule has 2 rings (SSSR count). The fourth-order valence-electron chi connectivity index (χ4n) is 1.08. The minimum absolute atomic E-state index is 0.681. The number of hydrogen-bond donors (Lipinski definition) is 0. The lowest BCUT2D eigenvalue weighted by atomic mass is 10.2. The lowest BCUT2D eigenvalue weighted by Gasteiger charge is -1.92. The van der Waals surface area contributed by atoms with E-state index in [1.807, 2.05) is 12.1 Å². The minimum Gasteiger partial charge on any atom is -0.298 e. The SMILES string of the molecule is O=Cc1ccc2cnn(I)c2c1. The Morgan fingerprint density at radius 1 is 1.50 bits per heavy atom. The maximum absolute atomic E-state index is 10.5. The number of carbonyl (C=O) groups excluding carboxylic acids is 1. The Balaban J connectivity index is 2.79. The van der Waals surface area contributed by atoms with Gasteiger partial charge in [-0.25, -0.2) is 2.90 Å². The van der Waals surface area contributed by atoms with Gasteiger partial charge < -0.3 is 0 Å². The molecule has 3 nitrogen and oxygen atoms in total. The predicted molar refractivity (Wildman–Crippen MR) is 54.5 cm³/mol. The first kappa shape index (κ1) is 7.72. The average molecular weight is 272 g/mol. The molecule has 1 heterocycles. The van der Waals surface area contributed by atoms with E-state index < -0.39 is 0 Å². The summed E-state index contributed by atoms with van der Waals surface area (Å²) in [5.74, 6) is 0. The lowest BCUT2D eigenvalue weighted by Crippen LogP contribution is -1.82. The molecule has 0 aliphatic heterocycles.